The van der Waals surface area contributed by atoms with E-state index in [1.165, 1.54) is 24.3 Å². The predicted octanol–water partition coefficient (Wildman–Crippen LogP) is 2.80. The maximum Gasteiger partial charge on any atom is 0.228 e. The number of aryl methyl sites for hydroxylation is 1. The molecule has 0 fully saturated rings. The van der Waals surface area contributed by atoms with Crippen LogP contribution in [0.3, 0.4) is 0 Å². The molecule has 1 amide bonds. The summed E-state index contributed by atoms with van der Waals surface area (Å²) >= 11 is 6.08. The lowest BCUT2D eigenvalue weighted by molar-refractivity contribution is -0.115. The van der Waals surface area contributed by atoms with Crippen molar-refractivity contribution in [2.45, 2.75) is 18.2 Å². The zero-order valence-electron chi connectivity index (χ0n) is 12.8. The van der Waals surface area contributed by atoms with Gasteiger partial charge >= 0.3 is 0 Å². The van der Waals surface area contributed by atoms with Crippen molar-refractivity contribution in [3.63, 3.8) is 0 Å². The quantitative estimate of drug-likeness (QED) is 0.847. The molecule has 1 N–H and O–H groups in total. The molecule has 0 saturated carbocycles. The molecular formula is C17H14ClNO4S. The molecule has 0 unspecified atom stereocenters. The fourth-order valence-corrected chi connectivity index (χ4v) is 4.03. The lowest BCUT2D eigenvalue weighted by Gasteiger charge is -2.08. The van der Waals surface area contributed by atoms with Gasteiger partial charge in [0.15, 0.2) is 15.6 Å². The Morgan fingerprint density at radius 1 is 1.21 bits per heavy atom. The van der Waals surface area contributed by atoms with Gasteiger partial charge < -0.3 is 5.32 Å². The van der Waals surface area contributed by atoms with Gasteiger partial charge in [0.1, 0.15) is 5.75 Å². The Labute approximate surface area is 144 Å². The topological polar surface area (TPSA) is 80.3 Å². The third-order valence-electron chi connectivity index (χ3n) is 3.82. The zero-order chi connectivity index (χ0) is 17.5. The first-order valence-electron chi connectivity index (χ1n) is 7.21. The number of anilines is 1. The summed E-state index contributed by atoms with van der Waals surface area (Å²) in [5.41, 5.74) is 2.24. The number of Topliss-reactive ketones (excluding diaryl/α,β-unsaturated/α-hetero) is 1. The average Bonchev–Trinajstić information content (AvgIpc) is 2.85. The Hall–Kier alpha value is -2.18. The summed E-state index contributed by atoms with van der Waals surface area (Å²) in [6.07, 6.45) is 0.150. The zero-order valence-corrected chi connectivity index (χ0v) is 14.4. The number of amides is 1. The molecule has 0 atom stereocenters. The molecule has 24 heavy (non-hydrogen) atoms. The molecule has 5 nitrogen and oxygen atoms in total. The maximum atomic E-state index is 12.4. The smallest absolute Gasteiger partial charge is 0.228 e. The molecule has 0 spiro atoms. The first-order chi connectivity index (χ1) is 11.3. The molecule has 0 radical (unpaired) electrons. The molecule has 1 heterocycles. The van der Waals surface area contributed by atoms with Gasteiger partial charge in [-0.25, -0.2) is 8.42 Å². The number of carbonyl (C=O) groups is 2. The summed E-state index contributed by atoms with van der Waals surface area (Å²) < 4.78 is 24.8. The van der Waals surface area contributed by atoms with Crippen LogP contribution in [0.2, 0.25) is 5.02 Å². The summed E-state index contributed by atoms with van der Waals surface area (Å²) in [6, 6.07) is 9.28. The van der Waals surface area contributed by atoms with E-state index in [1.807, 2.05) is 6.92 Å². The fraction of sp³-hybridized carbons (Fsp3) is 0.176. The predicted molar refractivity (Wildman–Crippen MR) is 91.3 cm³/mol. The van der Waals surface area contributed by atoms with E-state index >= 15 is 0 Å². The second-order valence-electron chi connectivity index (χ2n) is 5.71. The first-order valence-corrected chi connectivity index (χ1v) is 9.24. The minimum absolute atomic E-state index is 0.0931. The molecule has 2 aromatic carbocycles. The largest absolute Gasteiger partial charge is 0.325 e. The highest BCUT2D eigenvalue weighted by Crippen LogP contribution is 2.30. The summed E-state index contributed by atoms with van der Waals surface area (Å²) in [5.74, 6) is -1.45. The number of fused-ring (bicyclic) bond motifs is 1. The summed E-state index contributed by atoms with van der Waals surface area (Å²) in [4.78, 5) is 23.9. The van der Waals surface area contributed by atoms with Gasteiger partial charge in [-0.05, 0) is 36.8 Å². The van der Waals surface area contributed by atoms with Crippen molar-refractivity contribution in [3.05, 3.63) is 58.1 Å². The Balaban J connectivity index is 1.89. The standard InChI is InChI=1S/C17H14ClNO4S/c1-10-2-4-12(5-3-10)24(22,23)9-16(20)13-6-11-7-17(21)19-15(11)8-14(13)18/h2-6,8H,7,9H2,1H3,(H,19,21). The minimum atomic E-state index is -3.76. The third-order valence-corrected chi connectivity index (χ3v) is 5.76. The van der Waals surface area contributed by atoms with E-state index in [1.54, 1.807) is 12.1 Å². The second kappa shape index (κ2) is 6.03. The number of sulfone groups is 1. The molecule has 124 valence electrons. The molecule has 0 bridgehead atoms. The van der Waals surface area contributed by atoms with E-state index in [0.29, 0.717) is 11.3 Å². The van der Waals surface area contributed by atoms with E-state index in [0.717, 1.165) is 5.56 Å². The van der Waals surface area contributed by atoms with Crippen LogP contribution in [0.1, 0.15) is 21.5 Å². The highest BCUT2D eigenvalue weighted by molar-refractivity contribution is 7.92. The number of benzene rings is 2. The van der Waals surface area contributed by atoms with E-state index < -0.39 is 21.4 Å². The van der Waals surface area contributed by atoms with Crippen LogP contribution in [-0.4, -0.2) is 25.9 Å². The normalized spacial score (nSPS) is 13.5. The van der Waals surface area contributed by atoms with Crippen molar-refractivity contribution in [2.75, 3.05) is 11.1 Å². The van der Waals surface area contributed by atoms with Crippen molar-refractivity contribution in [1.82, 2.24) is 0 Å². The van der Waals surface area contributed by atoms with Crippen LogP contribution in [0.4, 0.5) is 5.69 Å². The van der Waals surface area contributed by atoms with Gasteiger partial charge in [0, 0.05) is 11.3 Å². The number of halogens is 1. The van der Waals surface area contributed by atoms with Gasteiger partial charge in [-0.2, -0.15) is 0 Å². The van der Waals surface area contributed by atoms with Gasteiger partial charge in [0.05, 0.1) is 16.3 Å². The van der Waals surface area contributed by atoms with E-state index in [4.69, 9.17) is 11.6 Å². The van der Waals surface area contributed by atoms with Crippen LogP contribution in [0.5, 0.6) is 0 Å². The van der Waals surface area contributed by atoms with Gasteiger partial charge in [0.25, 0.3) is 0 Å². The maximum absolute atomic E-state index is 12.4. The molecule has 0 saturated heterocycles. The van der Waals surface area contributed by atoms with E-state index in [2.05, 4.69) is 5.32 Å². The highest BCUT2D eigenvalue weighted by Gasteiger charge is 2.25. The lowest BCUT2D eigenvalue weighted by atomic mass is 10.1. The minimum Gasteiger partial charge on any atom is -0.325 e. The summed E-state index contributed by atoms with van der Waals surface area (Å²) in [6.45, 7) is 1.85. The number of hydrogen-bond acceptors (Lipinski definition) is 4. The number of hydrogen-bond donors (Lipinski definition) is 1. The summed E-state index contributed by atoms with van der Waals surface area (Å²) in [7, 11) is -3.76. The van der Waals surface area contributed by atoms with Crippen LogP contribution >= 0.6 is 11.6 Å². The number of rotatable bonds is 4. The van der Waals surface area contributed by atoms with Crippen molar-refractivity contribution >= 4 is 38.8 Å². The number of ketones is 1. The third kappa shape index (κ3) is 3.20. The SMILES string of the molecule is Cc1ccc(S(=O)(=O)CC(=O)c2cc3c(cc2Cl)NC(=O)C3)cc1. The Bertz CT molecular complexity index is 949. The molecule has 1 aliphatic heterocycles. The fourth-order valence-electron chi connectivity index (χ4n) is 2.54. The van der Waals surface area contributed by atoms with E-state index in [9.17, 15) is 18.0 Å². The molecule has 0 aromatic heterocycles. The van der Waals surface area contributed by atoms with Gasteiger partial charge in [-0.1, -0.05) is 29.3 Å². The van der Waals surface area contributed by atoms with Crippen molar-refractivity contribution in [2.24, 2.45) is 0 Å². The van der Waals surface area contributed by atoms with Crippen LogP contribution in [0.25, 0.3) is 0 Å². The van der Waals surface area contributed by atoms with Crippen LogP contribution in [0, 0.1) is 6.92 Å². The Morgan fingerprint density at radius 2 is 1.88 bits per heavy atom. The van der Waals surface area contributed by atoms with Crippen LogP contribution in [-0.2, 0) is 21.1 Å². The van der Waals surface area contributed by atoms with Crippen molar-refractivity contribution in [1.29, 1.82) is 0 Å². The lowest BCUT2D eigenvalue weighted by Crippen LogP contribution is -2.17. The molecule has 3 rings (SSSR count). The molecule has 7 heteroatoms. The van der Waals surface area contributed by atoms with Crippen LogP contribution < -0.4 is 5.32 Å². The monoisotopic (exact) mass is 363 g/mol. The van der Waals surface area contributed by atoms with Crippen molar-refractivity contribution < 1.29 is 18.0 Å². The van der Waals surface area contributed by atoms with Crippen LogP contribution in [0.15, 0.2) is 41.3 Å². The van der Waals surface area contributed by atoms with Crippen molar-refractivity contribution in [3.8, 4) is 0 Å². The Kier molecular flexibility index (Phi) is 4.19. The highest BCUT2D eigenvalue weighted by atomic mass is 35.5. The number of nitrogens with one attached hydrogen (secondary N) is 1. The second-order valence-corrected chi connectivity index (χ2v) is 8.11. The molecular weight excluding hydrogens is 350 g/mol. The number of carbonyl (C=O) groups excluding carboxylic acids is 2. The first kappa shape index (κ1) is 16.7. The Morgan fingerprint density at radius 3 is 2.54 bits per heavy atom. The van der Waals surface area contributed by atoms with E-state index in [-0.39, 0.29) is 27.8 Å². The van der Waals surface area contributed by atoms with Gasteiger partial charge in [-0.15, -0.1) is 0 Å². The molecule has 2 aromatic rings. The van der Waals surface area contributed by atoms with Gasteiger partial charge in [-0.3, -0.25) is 9.59 Å². The van der Waals surface area contributed by atoms with Gasteiger partial charge in [0.2, 0.25) is 5.91 Å². The molecule has 0 aliphatic carbocycles. The summed E-state index contributed by atoms with van der Waals surface area (Å²) in [5, 5.41) is 2.76. The molecule has 1 aliphatic rings. The average molecular weight is 364 g/mol.